The summed E-state index contributed by atoms with van der Waals surface area (Å²) in [5, 5.41) is 20.3. The molecule has 0 saturated heterocycles. The Morgan fingerprint density at radius 2 is 1.28 bits per heavy atom. The predicted molar refractivity (Wildman–Crippen MR) is 188 cm³/mol. The summed E-state index contributed by atoms with van der Waals surface area (Å²) in [6, 6.07) is 4.62. The average Bonchev–Trinajstić information content (AvgIpc) is 3.08. The molecule has 2 saturated carbocycles. The lowest BCUT2D eigenvalue weighted by Gasteiger charge is -2.36. The third kappa shape index (κ3) is 12.1. The third-order valence-corrected chi connectivity index (χ3v) is 10.5. The first-order valence-corrected chi connectivity index (χ1v) is 18.3. The molecule has 0 bridgehead atoms. The van der Waals surface area contributed by atoms with Crippen molar-refractivity contribution in [3.05, 3.63) is 53.1 Å². The SMILES string of the molecule is C=C(C)C(=O)OCCCc1cc(C2CCC(C3CCCCC3)CC2)cc(CCCOC(=O)C(=C)C)c1OCCC(CO)(CO)CCC. The van der Waals surface area contributed by atoms with Gasteiger partial charge < -0.3 is 24.4 Å². The van der Waals surface area contributed by atoms with Crippen molar-refractivity contribution < 1.29 is 34.0 Å². The zero-order chi connectivity index (χ0) is 34.2. The van der Waals surface area contributed by atoms with Gasteiger partial charge in [-0.15, -0.1) is 0 Å². The smallest absolute Gasteiger partial charge is 0.333 e. The Morgan fingerprint density at radius 3 is 1.74 bits per heavy atom. The maximum absolute atomic E-state index is 12.0. The monoisotopic (exact) mass is 654 g/mol. The molecule has 2 aliphatic rings. The molecule has 0 heterocycles. The van der Waals surface area contributed by atoms with Gasteiger partial charge in [0.25, 0.3) is 0 Å². The van der Waals surface area contributed by atoms with E-state index in [9.17, 15) is 19.8 Å². The van der Waals surface area contributed by atoms with Crippen LogP contribution in [-0.4, -0.2) is 55.2 Å². The summed E-state index contributed by atoms with van der Waals surface area (Å²) in [7, 11) is 0. The number of aliphatic hydroxyl groups excluding tert-OH is 2. The minimum Gasteiger partial charge on any atom is -0.493 e. The van der Waals surface area contributed by atoms with Crippen LogP contribution in [-0.2, 0) is 31.9 Å². The van der Waals surface area contributed by atoms with Crippen molar-refractivity contribution in [1.82, 2.24) is 0 Å². The molecule has 7 nitrogen and oxygen atoms in total. The maximum Gasteiger partial charge on any atom is 0.333 e. The number of carbonyl (C=O) groups is 2. The van der Waals surface area contributed by atoms with Crippen molar-refractivity contribution >= 4 is 11.9 Å². The first-order valence-electron chi connectivity index (χ1n) is 18.3. The van der Waals surface area contributed by atoms with Crippen LogP contribution in [0.15, 0.2) is 36.4 Å². The molecule has 0 aromatic heterocycles. The lowest BCUT2D eigenvalue weighted by Crippen LogP contribution is -2.31. The molecule has 0 spiro atoms. The van der Waals surface area contributed by atoms with E-state index < -0.39 is 5.41 Å². The van der Waals surface area contributed by atoms with Crippen LogP contribution in [0.1, 0.15) is 133 Å². The highest BCUT2D eigenvalue weighted by Gasteiger charge is 2.31. The highest BCUT2D eigenvalue weighted by Crippen LogP contribution is 2.44. The number of ether oxygens (including phenoxy) is 3. The van der Waals surface area contributed by atoms with Crippen LogP contribution in [0, 0.1) is 17.3 Å². The zero-order valence-corrected chi connectivity index (χ0v) is 29.6. The minimum absolute atomic E-state index is 0.0922. The van der Waals surface area contributed by atoms with Crippen molar-refractivity contribution in [2.24, 2.45) is 17.3 Å². The number of aryl methyl sites for hydroxylation is 2. The highest BCUT2D eigenvalue weighted by atomic mass is 16.5. The lowest BCUT2D eigenvalue weighted by atomic mass is 9.69. The first-order chi connectivity index (χ1) is 22.6. The molecule has 1 aromatic rings. The van der Waals surface area contributed by atoms with E-state index >= 15 is 0 Å². The fourth-order valence-corrected chi connectivity index (χ4v) is 7.60. The van der Waals surface area contributed by atoms with Crippen LogP contribution in [0.25, 0.3) is 0 Å². The standard InChI is InChI=1S/C40H62O7/c1-6-20-40(27-41,28-42)21-24-45-37-34(14-10-22-46-38(43)29(2)3)25-36(26-35(37)15-11-23-47-39(44)30(4)5)33-18-16-32(17-19-33)31-12-8-7-9-13-31/h25-26,31-33,41-42H,2,4,6-24,27-28H2,1,3,5H3. The molecule has 0 atom stereocenters. The summed E-state index contributed by atoms with van der Waals surface area (Å²) < 4.78 is 17.4. The van der Waals surface area contributed by atoms with E-state index in [2.05, 4.69) is 32.2 Å². The summed E-state index contributed by atoms with van der Waals surface area (Å²) >= 11 is 0. The Hall–Kier alpha value is -2.64. The van der Waals surface area contributed by atoms with Crippen LogP contribution in [0.3, 0.4) is 0 Å². The van der Waals surface area contributed by atoms with Gasteiger partial charge in [-0.05, 0) is 112 Å². The van der Waals surface area contributed by atoms with E-state index in [4.69, 9.17) is 14.2 Å². The molecule has 2 N–H and O–H groups in total. The molecule has 1 aromatic carbocycles. The third-order valence-electron chi connectivity index (χ3n) is 10.5. The molecule has 264 valence electrons. The second-order valence-electron chi connectivity index (χ2n) is 14.4. The van der Waals surface area contributed by atoms with E-state index in [1.54, 1.807) is 13.8 Å². The fourth-order valence-electron chi connectivity index (χ4n) is 7.60. The van der Waals surface area contributed by atoms with E-state index in [-0.39, 0.29) is 25.2 Å². The van der Waals surface area contributed by atoms with Crippen molar-refractivity contribution in [2.45, 2.75) is 129 Å². The Morgan fingerprint density at radius 1 is 0.766 bits per heavy atom. The number of hydrogen-bond donors (Lipinski definition) is 2. The van der Waals surface area contributed by atoms with Crippen LogP contribution in [0.4, 0.5) is 0 Å². The normalized spacial score (nSPS) is 18.8. The molecular formula is C40H62O7. The number of aliphatic hydroxyl groups is 2. The largest absolute Gasteiger partial charge is 0.493 e. The van der Waals surface area contributed by atoms with Gasteiger partial charge in [0.1, 0.15) is 5.75 Å². The summed E-state index contributed by atoms with van der Waals surface area (Å²) in [6.07, 6.45) is 16.7. The van der Waals surface area contributed by atoms with Gasteiger partial charge in [0.2, 0.25) is 0 Å². The van der Waals surface area contributed by atoms with Gasteiger partial charge in [-0.2, -0.15) is 0 Å². The number of benzene rings is 1. The van der Waals surface area contributed by atoms with Crippen molar-refractivity contribution in [3.8, 4) is 5.75 Å². The second kappa shape index (κ2) is 20.0. The summed E-state index contributed by atoms with van der Waals surface area (Å²) in [4.78, 5) is 24.1. The van der Waals surface area contributed by atoms with Crippen molar-refractivity contribution in [1.29, 1.82) is 0 Å². The molecule has 2 fully saturated rings. The maximum atomic E-state index is 12.0. The van der Waals surface area contributed by atoms with Gasteiger partial charge in [-0.3, -0.25) is 0 Å². The van der Waals surface area contributed by atoms with Crippen molar-refractivity contribution in [2.75, 3.05) is 33.0 Å². The number of carbonyl (C=O) groups excluding carboxylic acids is 2. The number of hydrogen-bond acceptors (Lipinski definition) is 7. The number of esters is 2. The Balaban J connectivity index is 1.86. The van der Waals surface area contributed by atoms with Gasteiger partial charge in [0.05, 0.1) is 33.0 Å². The van der Waals surface area contributed by atoms with E-state index in [1.165, 1.54) is 63.4 Å². The molecule has 47 heavy (non-hydrogen) atoms. The van der Waals surface area contributed by atoms with E-state index in [1.807, 2.05) is 0 Å². The molecule has 7 heteroatoms. The quantitative estimate of drug-likeness (QED) is 0.0831. The summed E-state index contributed by atoms with van der Waals surface area (Å²) in [6.45, 7) is 13.5. The van der Waals surface area contributed by atoms with Gasteiger partial charge in [0.15, 0.2) is 0 Å². The topological polar surface area (TPSA) is 102 Å². The molecule has 3 rings (SSSR count). The van der Waals surface area contributed by atoms with E-state index in [0.29, 0.717) is 75.4 Å². The Labute approximate surface area is 284 Å². The van der Waals surface area contributed by atoms with Crippen LogP contribution in [0.5, 0.6) is 5.75 Å². The van der Waals surface area contributed by atoms with E-state index in [0.717, 1.165) is 35.1 Å². The number of rotatable bonds is 20. The molecule has 0 radical (unpaired) electrons. The summed E-state index contributed by atoms with van der Waals surface area (Å²) in [5.41, 5.74) is 3.71. The molecule has 0 amide bonds. The second-order valence-corrected chi connectivity index (χ2v) is 14.4. The summed E-state index contributed by atoms with van der Waals surface area (Å²) in [5.74, 6) is 2.30. The Kier molecular flexibility index (Phi) is 16.5. The van der Waals surface area contributed by atoms with Gasteiger partial charge in [-0.25, -0.2) is 9.59 Å². The van der Waals surface area contributed by atoms with Gasteiger partial charge >= 0.3 is 11.9 Å². The molecule has 0 unspecified atom stereocenters. The van der Waals surface area contributed by atoms with Crippen LogP contribution < -0.4 is 4.74 Å². The molecule has 2 aliphatic carbocycles. The zero-order valence-electron chi connectivity index (χ0n) is 29.6. The average molecular weight is 655 g/mol. The van der Waals surface area contributed by atoms with Crippen LogP contribution in [0.2, 0.25) is 0 Å². The van der Waals surface area contributed by atoms with Crippen LogP contribution >= 0.6 is 0 Å². The van der Waals surface area contributed by atoms with Gasteiger partial charge in [0, 0.05) is 16.6 Å². The predicted octanol–water partition coefficient (Wildman–Crippen LogP) is 8.18. The minimum atomic E-state index is -0.584. The van der Waals surface area contributed by atoms with Gasteiger partial charge in [-0.1, -0.05) is 70.7 Å². The highest BCUT2D eigenvalue weighted by molar-refractivity contribution is 5.87. The van der Waals surface area contributed by atoms with Crippen molar-refractivity contribution in [3.63, 3.8) is 0 Å². The molecular weight excluding hydrogens is 592 g/mol. The Bertz CT molecular complexity index is 1100. The molecule has 0 aliphatic heterocycles. The fraction of sp³-hybridized carbons (Fsp3) is 0.700. The lowest BCUT2D eigenvalue weighted by molar-refractivity contribution is -0.139. The first kappa shape index (κ1) is 38.8.